The molecule has 1 fully saturated rings. The van der Waals surface area contributed by atoms with E-state index in [1.807, 2.05) is 35.2 Å². The molecule has 0 bridgehead atoms. The van der Waals surface area contributed by atoms with Gasteiger partial charge in [0, 0.05) is 19.2 Å². The summed E-state index contributed by atoms with van der Waals surface area (Å²) in [5.74, 6) is 1.18. The number of carbonyl (C=O) groups excluding carboxylic acids is 1. The Balaban J connectivity index is 1.49. The molecule has 0 spiro atoms. The second kappa shape index (κ2) is 7.89. The van der Waals surface area contributed by atoms with Crippen molar-refractivity contribution in [2.45, 2.75) is 19.8 Å². The fourth-order valence-electron chi connectivity index (χ4n) is 3.51. The average molecular weight is 377 g/mol. The molecule has 28 heavy (non-hydrogen) atoms. The van der Waals surface area contributed by atoms with Crippen molar-refractivity contribution in [2.75, 3.05) is 19.7 Å². The van der Waals surface area contributed by atoms with Crippen LogP contribution < -0.4 is 10.2 Å². The van der Waals surface area contributed by atoms with E-state index in [1.54, 1.807) is 18.2 Å². The van der Waals surface area contributed by atoms with E-state index in [0.29, 0.717) is 28.2 Å². The molecule has 2 heterocycles. The first-order valence-electron chi connectivity index (χ1n) is 9.63. The zero-order chi connectivity index (χ0) is 19.5. The van der Waals surface area contributed by atoms with Crippen LogP contribution in [0.1, 0.15) is 19.8 Å². The molecule has 0 unspecified atom stereocenters. The molecule has 5 nitrogen and oxygen atoms in total. The van der Waals surface area contributed by atoms with Crippen LogP contribution in [0.15, 0.2) is 64.0 Å². The normalized spacial score (nSPS) is 15.0. The lowest BCUT2D eigenvalue weighted by molar-refractivity contribution is -0.134. The Hall–Kier alpha value is -3.08. The monoisotopic (exact) mass is 377 g/mol. The van der Waals surface area contributed by atoms with Gasteiger partial charge >= 0.3 is 0 Å². The third kappa shape index (κ3) is 3.79. The van der Waals surface area contributed by atoms with Gasteiger partial charge in [0.05, 0.1) is 10.9 Å². The van der Waals surface area contributed by atoms with E-state index in [4.69, 9.17) is 9.15 Å². The van der Waals surface area contributed by atoms with Crippen LogP contribution in [0.3, 0.4) is 0 Å². The molecule has 5 heteroatoms. The molecular formula is C23H23NO4. The second-order valence-electron chi connectivity index (χ2n) is 7.35. The van der Waals surface area contributed by atoms with Crippen molar-refractivity contribution in [2.24, 2.45) is 5.92 Å². The molecule has 0 atom stereocenters. The number of fused-ring (bicyclic) bond motifs is 1. The molecule has 2 aromatic carbocycles. The van der Waals surface area contributed by atoms with E-state index < -0.39 is 0 Å². The Labute approximate surface area is 163 Å². The minimum atomic E-state index is -0.0856. The molecule has 0 radical (unpaired) electrons. The summed E-state index contributed by atoms with van der Waals surface area (Å²) in [7, 11) is 0. The zero-order valence-electron chi connectivity index (χ0n) is 15.9. The van der Waals surface area contributed by atoms with E-state index in [1.165, 1.54) is 6.26 Å². The van der Waals surface area contributed by atoms with Gasteiger partial charge in [-0.15, -0.1) is 0 Å². The van der Waals surface area contributed by atoms with E-state index >= 15 is 0 Å². The highest BCUT2D eigenvalue weighted by Crippen LogP contribution is 2.23. The summed E-state index contributed by atoms with van der Waals surface area (Å²) in [5, 5.41) is 0.491. The van der Waals surface area contributed by atoms with Crippen molar-refractivity contribution < 1.29 is 13.9 Å². The van der Waals surface area contributed by atoms with E-state index in [2.05, 4.69) is 6.92 Å². The van der Waals surface area contributed by atoms with Gasteiger partial charge in [0.2, 0.25) is 0 Å². The first-order valence-corrected chi connectivity index (χ1v) is 9.63. The maximum Gasteiger partial charge on any atom is 0.260 e. The van der Waals surface area contributed by atoms with Crippen molar-refractivity contribution in [3.63, 3.8) is 0 Å². The number of nitrogens with zero attached hydrogens (tertiary/aromatic N) is 1. The van der Waals surface area contributed by atoms with Crippen molar-refractivity contribution in [1.82, 2.24) is 4.90 Å². The van der Waals surface area contributed by atoms with Crippen molar-refractivity contribution in [3.05, 3.63) is 65.0 Å². The molecule has 0 saturated carbocycles. The van der Waals surface area contributed by atoms with Crippen molar-refractivity contribution >= 4 is 16.9 Å². The standard InChI is InChI=1S/C23H23NO4/c1-16-9-11-24(12-10-16)22(25)15-27-18-7-8-19-21(13-18)28-14-20(23(19)26)17-5-3-2-4-6-17/h2-8,13-14,16H,9-12,15H2,1H3. The molecule has 0 aliphatic carbocycles. The molecule has 1 aliphatic heterocycles. The third-order valence-corrected chi connectivity index (χ3v) is 5.33. The second-order valence-corrected chi connectivity index (χ2v) is 7.35. The van der Waals surface area contributed by atoms with Crippen LogP contribution in [0.4, 0.5) is 0 Å². The average Bonchev–Trinajstić information content (AvgIpc) is 2.73. The van der Waals surface area contributed by atoms with Crippen LogP contribution in [-0.2, 0) is 4.79 Å². The molecule has 1 saturated heterocycles. The van der Waals surface area contributed by atoms with Crippen molar-refractivity contribution in [1.29, 1.82) is 0 Å². The topological polar surface area (TPSA) is 59.8 Å². The van der Waals surface area contributed by atoms with Crippen LogP contribution >= 0.6 is 0 Å². The number of benzene rings is 2. The molecular weight excluding hydrogens is 354 g/mol. The Kier molecular flexibility index (Phi) is 5.15. The van der Waals surface area contributed by atoms with Gasteiger partial charge < -0.3 is 14.1 Å². The summed E-state index contributed by atoms with van der Waals surface area (Å²) in [4.78, 5) is 27.0. The highest BCUT2D eigenvalue weighted by molar-refractivity contribution is 5.83. The molecule has 1 aliphatic rings. The fraction of sp³-hybridized carbons (Fsp3) is 0.304. The quantitative estimate of drug-likeness (QED) is 0.687. The number of carbonyl (C=O) groups is 1. The molecule has 1 aromatic heterocycles. The molecule has 1 amide bonds. The fourth-order valence-corrected chi connectivity index (χ4v) is 3.51. The summed E-state index contributed by atoms with van der Waals surface area (Å²) in [6.45, 7) is 3.78. The number of hydrogen-bond acceptors (Lipinski definition) is 4. The van der Waals surface area contributed by atoms with Gasteiger partial charge in [-0.3, -0.25) is 9.59 Å². The van der Waals surface area contributed by atoms with Crippen LogP contribution in [-0.4, -0.2) is 30.5 Å². The highest BCUT2D eigenvalue weighted by atomic mass is 16.5. The summed E-state index contributed by atoms with van der Waals surface area (Å²) < 4.78 is 11.3. The van der Waals surface area contributed by atoms with Crippen LogP contribution in [0.25, 0.3) is 22.1 Å². The SMILES string of the molecule is CC1CCN(C(=O)COc2ccc3c(=O)c(-c4ccccc4)coc3c2)CC1. The van der Waals surface area contributed by atoms with Gasteiger partial charge in [0.25, 0.3) is 5.91 Å². The summed E-state index contributed by atoms with van der Waals surface area (Å²) >= 11 is 0. The predicted octanol–water partition coefficient (Wildman–Crippen LogP) is 4.10. The van der Waals surface area contributed by atoms with Gasteiger partial charge in [-0.2, -0.15) is 0 Å². The first-order chi connectivity index (χ1) is 13.6. The molecule has 3 aromatic rings. The maximum absolute atomic E-state index is 12.8. The lowest BCUT2D eigenvalue weighted by Crippen LogP contribution is -2.40. The van der Waals surface area contributed by atoms with Gasteiger partial charge in [-0.05, 0) is 36.5 Å². The minimum Gasteiger partial charge on any atom is -0.484 e. The van der Waals surface area contributed by atoms with Gasteiger partial charge in [-0.25, -0.2) is 0 Å². The number of amides is 1. The van der Waals surface area contributed by atoms with Crippen LogP contribution in [0, 0.1) is 5.92 Å². The molecule has 0 N–H and O–H groups in total. The summed E-state index contributed by atoms with van der Waals surface area (Å²) in [6, 6.07) is 14.5. The summed E-state index contributed by atoms with van der Waals surface area (Å²) in [6.07, 6.45) is 3.55. The lowest BCUT2D eigenvalue weighted by Gasteiger charge is -2.30. The van der Waals surface area contributed by atoms with Gasteiger partial charge in [0.1, 0.15) is 17.6 Å². The maximum atomic E-state index is 12.8. The minimum absolute atomic E-state index is 0.00660. The van der Waals surface area contributed by atoms with Gasteiger partial charge in [0.15, 0.2) is 12.0 Å². The summed E-state index contributed by atoms with van der Waals surface area (Å²) in [5.41, 5.74) is 1.70. The first kappa shape index (κ1) is 18.3. The number of hydrogen-bond donors (Lipinski definition) is 0. The Morgan fingerprint density at radius 1 is 1.14 bits per heavy atom. The Morgan fingerprint density at radius 2 is 1.89 bits per heavy atom. The molecule has 4 rings (SSSR count). The smallest absolute Gasteiger partial charge is 0.260 e. The lowest BCUT2D eigenvalue weighted by atomic mass is 9.99. The van der Waals surface area contributed by atoms with E-state index in [-0.39, 0.29) is 17.9 Å². The Morgan fingerprint density at radius 3 is 2.64 bits per heavy atom. The molecule has 144 valence electrons. The van der Waals surface area contributed by atoms with Crippen molar-refractivity contribution in [3.8, 4) is 16.9 Å². The van der Waals surface area contributed by atoms with E-state index in [0.717, 1.165) is 31.5 Å². The number of rotatable bonds is 4. The third-order valence-electron chi connectivity index (χ3n) is 5.33. The Bertz CT molecular complexity index is 1030. The highest BCUT2D eigenvalue weighted by Gasteiger charge is 2.20. The number of ether oxygens (including phenoxy) is 1. The zero-order valence-corrected chi connectivity index (χ0v) is 15.9. The number of piperidine rings is 1. The largest absolute Gasteiger partial charge is 0.484 e. The van der Waals surface area contributed by atoms with Gasteiger partial charge in [-0.1, -0.05) is 37.3 Å². The number of likely N-dealkylation sites (tertiary alicyclic amines) is 1. The van der Waals surface area contributed by atoms with Crippen LogP contribution in [0.5, 0.6) is 5.75 Å². The van der Waals surface area contributed by atoms with E-state index in [9.17, 15) is 9.59 Å². The van der Waals surface area contributed by atoms with Crippen LogP contribution in [0.2, 0.25) is 0 Å². The predicted molar refractivity (Wildman–Crippen MR) is 108 cm³/mol.